The van der Waals surface area contributed by atoms with E-state index < -0.39 is 0 Å². The first-order chi connectivity index (χ1) is 10.7. The predicted octanol–water partition coefficient (Wildman–Crippen LogP) is 2.22. The van der Waals surface area contributed by atoms with Crippen LogP contribution >= 0.6 is 11.3 Å². The summed E-state index contributed by atoms with van der Waals surface area (Å²) in [5.74, 6) is 0. The molecule has 0 atom stereocenters. The Morgan fingerprint density at radius 1 is 1.27 bits per heavy atom. The van der Waals surface area contributed by atoms with E-state index in [-0.39, 0.29) is 12.1 Å². The van der Waals surface area contributed by atoms with Crippen LogP contribution in [-0.2, 0) is 7.05 Å². The standard InChI is InChI=1S/C16H18N4OS/c1-20-16(18-13-6-8-14(21)9-7-13)22-15(19-20)12-4-2-11(10-17)3-5-12/h2-5,13-14,21H,6-9H2,1H3/t13-,14-. The second-order valence-corrected chi connectivity index (χ2v) is 6.55. The van der Waals surface area contributed by atoms with E-state index in [1.807, 2.05) is 23.9 Å². The Bertz CT molecular complexity index is 746. The van der Waals surface area contributed by atoms with Gasteiger partial charge in [-0.25, -0.2) is 4.68 Å². The molecule has 0 unspecified atom stereocenters. The molecule has 1 aliphatic carbocycles. The lowest BCUT2D eigenvalue weighted by Gasteiger charge is -2.21. The van der Waals surface area contributed by atoms with Crippen molar-refractivity contribution in [1.82, 2.24) is 9.78 Å². The van der Waals surface area contributed by atoms with Gasteiger partial charge >= 0.3 is 0 Å². The zero-order valence-electron chi connectivity index (χ0n) is 12.4. The number of benzene rings is 1. The van der Waals surface area contributed by atoms with Crippen molar-refractivity contribution >= 4 is 11.3 Å². The van der Waals surface area contributed by atoms with Crippen molar-refractivity contribution in [3.63, 3.8) is 0 Å². The van der Waals surface area contributed by atoms with Crippen LogP contribution in [0.3, 0.4) is 0 Å². The highest BCUT2D eigenvalue weighted by Gasteiger charge is 2.18. The number of nitriles is 1. The zero-order valence-corrected chi connectivity index (χ0v) is 13.3. The Kier molecular flexibility index (Phi) is 4.36. The molecule has 1 saturated carbocycles. The van der Waals surface area contributed by atoms with E-state index >= 15 is 0 Å². The smallest absolute Gasteiger partial charge is 0.203 e. The summed E-state index contributed by atoms with van der Waals surface area (Å²) >= 11 is 1.56. The molecular weight excluding hydrogens is 296 g/mol. The van der Waals surface area contributed by atoms with Gasteiger partial charge in [0.25, 0.3) is 0 Å². The highest BCUT2D eigenvalue weighted by atomic mass is 32.1. The van der Waals surface area contributed by atoms with Crippen LogP contribution < -0.4 is 4.80 Å². The molecule has 0 saturated heterocycles. The van der Waals surface area contributed by atoms with E-state index in [0.717, 1.165) is 41.1 Å². The van der Waals surface area contributed by atoms with E-state index in [0.29, 0.717) is 5.56 Å². The van der Waals surface area contributed by atoms with Gasteiger partial charge in [-0.1, -0.05) is 23.5 Å². The largest absolute Gasteiger partial charge is 0.393 e. The molecule has 0 amide bonds. The molecule has 114 valence electrons. The van der Waals surface area contributed by atoms with Crippen molar-refractivity contribution < 1.29 is 5.11 Å². The van der Waals surface area contributed by atoms with Gasteiger partial charge in [0, 0.05) is 12.6 Å². The van der Waals surface area contributed by atoms with Crippen molar-refractivity contribution in [1.29, 1.82) is 5.26 Å². The Morgan fingerprint density at radius 3 is 2.59 bits per heavy atom. The summed E-state index contributed by atoms with van der Waals surface area (Å²) in [5.41, 5.74) is 1.65. The molecule has 0 bridgehead atoms. The van der Waals surface area contributed by atoms with Gasteiger partial charge in [0.2, 0.25) is 4.80 Å². The minimum Gasteiger partial charge on any atom is -0.393 e. The number of aliphatic hydroxyl groups is 1. The van der Waals surface area contributed by atoms with Gasteiger partial charge in [-0.3, -0.25) is 4.99 Å². The quantitative estimate of drug-likeness (QED) is 0.923. The molecule has 0 spiro atoms. The zero-order chi connectivity index (χ0) is 15.5. The lowest BCUT2D eigenvalue weighted by Crippen LogP contribution is -2.24. The topological polar surface area (TPSA) is 74.2 Å². The molecule has 2 aromatic rings. The molecule has 0 radical (unpaired) electrons. The fourth-order valence-electron chi connectivity index (χ4n) is 2.61. The molecule has 22 heavy (non-hydrogen) atoms. The molecule has 0 aliphatic heterocycles. The van der Waals surface area contributed by atoms with Gasteiger partial charge in [-0.05, 0) is 37.8 Å². The van der Waals surface area contributed by atoms with Crippen molar-refractivity contribution in [2.75, 3.05) is 0 Å². The van der Waals surface area contributed by atoms with Crippen molar-refractivity contribution in [3.05, 3.63) is 34.6 Å². The first kappa shape index (κ1) is 14.9. The molecular formula is C16H18N4OS. The maximum absolute atomic E-state index is 9.56. The second-order valence-electron chi connectivity index (χ2n) is 5.59. The summed E-state index contributed by atoms with van der Waals surface area (Å²) in [6, 6.07) is 9.83. The maximum atomic E-state index is 9.56. The maximum Gasteiger partial charge on any atom is 0.203 e. The Balaban J connectivity index is 1.85. The molecule has 1 N–H and O–H groups in total. The molecule has 1 fully saturated rings. The van der Waals surface area contributed by atoms with E-state index in [4.69, 9.17) is 10.3 Å². The van der Waals surface area contributed by atoms with Crippen LogP contribution in [-0.4, -0.2) is 27.0 Å². The number of hydrogen-bond acceptors (Lipinski definition) is 5. The van der Waals surface area contributed by atoms with E-state index in [2.05, 4.69) is 11.2 Å². The van der Waals surface area contributed by atoms with Gasteiger partial charge in [0.15, 0.2) is 0 Å². The molecule has 1 aliphatic rings. The average molecular weight is 314 g/mol. The number of aromatic nitrogens is 2. The fourth-order valence-corrected chi connectivity index (χ4v) is 3.57. The first-order valence-corrected chi connectivity index (χ1v) is 8.24. The van der Waals surface area contributed by atoms with Crippen LogP contribution in [0.5, 0.6) is 0 Å². The highest BCUT2D eigenvalue weighted by molar-refractivity contribution is 7.12. The average Bonchev–Trinajstić information content (AvgIpc) is 2.91. The molecule has 1 heterocycles. The molecule has 6 heteroatoms. The van der Waals surface area contributed by atoms with Gasteiger partial charge < -0.3 is 5.11 Å². The SMILES string of the molecule is Cn1nc(-c2ccc(C#N)cc2)sc1=N[C@H]1CC[C@H](O)CC1. The van der Waals surface area contributed by atoms with Gasteiger partial charge in [0.05, 0.1) is 23.8 Å². The van der Waals surface area contributed by atoms with Crippen LogP contribution in [0, 0.1) is 11.3 Å². The lowest BCUT2D eigenvalue weighted by atomic mass is 9.94. The van der Waals surface area contributed by atoms with Crippen molar-refractivity contribution in [3.8, 4) is 16.6 Å². The monoisotopic (exact) mass is 314 g/mol. The number of hydrogen-bond donors (Lipinski definition) is 1. The summed E-state index contributed by atoms with van der Waals surface area (Å²) in [7, 11) is 1.90. The molecule has 1 aromatic heterocycles. The summed E-state index contributed by atoms with van der Waals surface area (Å²) in [6.45, 7) is 0. The summed E-state index contributed by atoms with van der Waals surface area (Å²) in [5, 5.41) is 23.8. The van der Waals surface area contributed by atoms with Crippen LogP contribution in [0.4, 0.5) is 0 Å². The lowest BCUT2D eigenvalue weighted by molar-refractivity contribution is 0.123. The molecule has 5 nitrogen and oxygen atoms in total. The normalized spacial score (nSPS) is 22.5. The van der Waals surface area contributed by atoms with Crippen molar-refractivity contribution in [2.24, 2.45) is 12.0 Å². The van der Waals surface area contributed by atoms with Crippen molar-refractivity contribution in [2.45, 2.75) is 37.8 Å². The third-order valence-corrected chi connectivity index (χ3v) is 4.99. The third kappa shape index (κ3) is 3.26. The van der Waals surface area contributed by atoms with Crippen LogP contribution in [0.15, 0.2) is 29.3 Å². The van der Waals surface area contributed by atoms with E-state index in [1.165, 1.54) is 0 Å². The first-order valence-electron chi connectivity index (χ1n) is 7.42. The Hall–Kier alpha value is -1.97. The van der Waals surface area contributed by atoms with Crippen LogP contribution in [0.25, 0.3) is 10.6 Å². The third-order valence-electron chi connectivity index (χ3n) is 3.93. The summed E-state index contributed by atoms with van der Waals surface area (Å²) in [4.78, 5) is 5.69. The second kappa shape index (κ2) is 6.42. The van der Waals surface area contributed by atoms with Crippen LogP contribution in [0.2, 0.25) is 0 Å². The van der Waals surface area contributed by atoms with E-state index in [1.54, 1.807) is 23.5 Å². The number of nitrogens with zero attached hydrogens (tertiary/aromatic N) is 4. The molecule has 1 aromatic carbocycles. The number of aliphatic hydroxyl groups excluding tert-OH is 1. The summed E-state index contributed by atoms with van der Waals surface area (Å²) < 4.78 is 1.81. The number of aryl methyl sites for hydroxylation is 1. The van der Waals surface area contributed by atoms with Gasteiger partial charge in [-0.2, -0.15) is 10.4 Å². The number of rotatable bonds is 2. The van der Waals surface area contributed by atoms with Crippen LogP contribution in [0.1, 0.15) is 31.2 Å². The highest BCUT2D eigenvalue weighted by Crippen LogP contribution is 2.22. The Labute approximate surface area is 133 Å². The predicted molar refractivity (Wildman–Crippen MR) is 85.1 cm³/mol. The fraction of sp³-hybridized carbons (Fsp3) is 0.438. The van der Waals surface area contributed by atoms with Gasteiger partial charge in [-0.15, -0.1) is 0 Å². The van der Waals surface area contributed by atoms with Gasteiger partial charge in [0.1, 0.15) is 5.01 Å². The Morgan fingerprint density at radius 2 is 1.95 bits per heavy atom. The minimum atomic E-state index is -0.157. The summed E-state index contributed by atoms with van der Waals surface area (Å²) in [6.07, 6.45) is 3.38. The molecule has 3 rings (SSSR count). The minimum absolute atomic E-state index is 0.157. The van der Waals surface area contributed by atoms with E-state index in [9.17, 15) is 5.11 Å².